The van der Waals surface area contributed by atoms with Crippen LogP contribution in [0.25, 0.3) is 0 Å². The van der Waals surface area contributed by atoms with Gasteiger partial charge < -0.3 is 14.5 Å². The molecule has 0 unspecified atom stereocenters. The van der Waals surface area contributed by atoms with Crippen LogP contribution in [0.4, 0.5) is 0 Å². The van der Waals surface area contributed by atoms with E-state index in [2.05, 4.69) is 0 Å². The molecule has 1 heterocycles. The van der Waals surface area contributed by atoms with E-state index in [1.165, 1.54) is 6.42 Å². The number of piperazine rings is 1. The molecule has 0 radical (unpaired) electrons. The van der Waals surface area contributed by atoms with Gasteiger partial charge in [0, 0.05) is 37.7 Å². The maximum absolute atomic E-state index is 12.7. The van der Waals surface area contributed by atoms with Gasteiger partial charge in [0.25, 0.3) is 5.91 Å². The van der Waals surface area contributed by atoms with Gasteiger partial charge in [-0.25, -0.2) is 0 Å². The first kappa shape index (κ1) is 17.6. The fourth-order valence-corrected chi connectivity index (χ4v) is 3.52. The molecule has 0 bridgehead atoms. The van der Waals surface area contributed by atoms with E-state index in [4.69, 9.17) is 4.74 Å². The Morgan fingerprint density at radius 3 is 1.96 bits per heavy atom. The van der Waals surface area contributed by atoms with Gasteiger partial charge in [0.2, 0.25) is 5.91 Å². The number of carbonyl (C=O) groups is 2. The second kappa shape index (κ2) is 7.82. The fraction of sp³-hybridized carbons (Fsp3) is 0.364. The Morgan fingerprint density at radius 1 is 0.778 bits per heavy atom. The summed E-state index contributed by atoms with van der Waals surface area (Å²) in [6.07, 6.45) is 3.21. The minimum absolute atomic E-state index is 0.0111. The number of carbonyl (C=O) groups excluding carboxylic acids is 2. The second-order valence-corrected chi connectivity index (χ2v) is 7.18. The molecule has 2 amide bonds. The van der Waals surface area contributed by atoms with Crippen molar-refractivity contribution < 1.29 is 14.3 Å². The van der Waals surface area contributed by atoms with Crippen molar-refractivity contribution in [2.75, 3.05) is 26.2 Å². The van der Waals surface area contributed by atoms with E-state index in [0.717, 1.165) is 18.6 Å². The summed E-state index contributed by atoms with van der Waals surface area (Å²) in [5, 5.41) is 0. The third-order valence-corrected chi connectivity index (χ3v) is 5.41. The second-order valence-electron chi connectivity index (χ2n) is 7.18. The van der Waals surface area contributed by atoms with E-state index in [1.54, 1.807) is 12.1 Å². The topological polar surface area (TPSA) is 49.9 Å². The van der Waals surface area contributed by atoms with Crippen LogP contribution in [0.15, 0.2) is 54.6 Å². The number of nitrogens with zero attached hydrogens (tertiary/aromatic N) is 2. The summed E-state index contributed by atoms with van der Waals surface area (Å²) >= 11 is 0. The van der Waals surface area contributed by atoms with Crippen molar-refractivity contribution in [3.63, 3.8) is 0 Å². The maximum Gasteiger partial charge on any atom is 0.253 e. The van der Waals surface area contributed by atoms with Crippen LogP contribution in [0.2, 0.25) is 0 Å². The third-order valence-electron chi connectivity index (χ3n) is 5.41. The zero-order valence-electron chi connectivity index (χ0n) is 15.3. The number of hydrogen-bond acceptors (Lipinski definition) is 3. The highest BCUT2D eigenvalue weighted by Gasteiger charge is 2.32. The van der Waals surface area contributed by atoms with E-state index in [9.17, 15) is 9.59 Å². The number of hydrogen-bond donors (Lipinski definition) is 0. The van der Waals surface area contributed by atoms with Crippen LogP contribution < -0.4 is 4.74 Å². The number of para-hydroxylation sites is 1. The van der Waals surface area contributed by atoms with Crippen LogP contribution >= 0.6 is 0 Å². The van der Waals surface area contributed by atoms with Crippen LogP contribution in [-0.2, 0) is 4.79 Å². The standard InChI is InChI=1S/C22H24N2O3/c25-21(17-5-4-6-17)23-13-15-24(16-14-23)22(26)18-9-11-20(12-10-18)27-19-7-2-1-3-8-19/h1-3,7-12,17H,4-6,13-16H2. The van der Waals surface area contributed by atoms with Gasteiger partial charge in [0.1, 0.15) is 11.5 Å². The first-order valence-corrected chi connectivity index (χ1v) is 9.62. The summed E-state index contributed by atoms with van der Waals surface area (Å²) in [7, 11) is 0. The predicted molar refractivity (Wildman–Crippen MR) is 103 cm³/mol. The Labute approximate surface area is 159 Å². The van der Waals surface area contributed by atoms with Crippen molar-refractivity contribution >= 4 is 11.8 Å². The van der Waals surface area contributed by atoms with Gasteiger partial charge in [-0.1, -0.05) is 24.6 Å². The van der Waals surface area contributed by atoms with Crippen molar-refractivity contribution in [2.24, 2.45) is 5.92 Å². The molecule has 27 heavy (non-hydrogen) atoms. The third kappa shape index (κ3) is 3.97. The molecule has 5 heteroatoms. The molecule has 2 aromatic rings. The van der Waals surface area contributed by atoms with Gasteiger partial charge in [-0.3, -0.25) is 9.59 Å². The van der Waals surface area contributed by atoms with Gasteiger partial charge in [-0.15, -0.1) is 0 Å². The summed E-state index contributed by atoms with van der Waals surface area (Å²) in [4.78, 5) is 28.8. The Morgan fingerprint density at radius 2 is 1.37 bits per heavy atom. The van der Waals surface area contributed by atoms with Crippen molar-refractivity contribution in [2.45, 2.75) is 19.3 Å². The van der Waals surface area contributed by atoms with Gasteiger partial charge in [0.05, 0.1) is 0 Å². The average Bonchev–Trinajstić information content (AvgIpc) is 2.68. The quantitative estimate of drug-likeness (QED) is 0.833. The lowest BCUT2D eigenvalue weighted by atomic mass is 9.84. The molecule has 2 aromatic carbocycles. The van der Waals surface area contributed by atoms with E-state index in [1.807, 2.05) is 52.3 Å². The predicted octanol–water partition coefficient (Wildman–Crippen LogP) is 3.56. The molecule has 1 saturated heterocycles. The lowest BCUT2D eigenvalue weighted by Crippen LogP contribution is -2.52. The smallest absolute Gasteiger partial charge is 0.253 e. The van der Waals surface area contributed by atoms with Crippen LogP contribution in [0.1, 0.15) is 29.6 Å². The molecule has 0 N–H and O–H groups in total. The highest BCUT2D eigenvalue weighted by atomic mass is 16.5. The maximum atomic E-state index is 12.7. The molecule has 0 spiro atoms. The highest BCUT2D eigenvalue weighted by molar-refractivity contribution is 5.94. The molecular weight excluding hydrogens is 340 g/mol. The SMILES string of the molecule is O=C(c1ccc(Oc2ccccc2)cc1)N1CCN(C(=O)C2CCC2)CC1. The fourth-order valence-electron chi connectivity index (χ4n) is 3.52. The Balaban J connectivity index is 1.32. The number of amides is 2. The molecule has 0 atom stereocenters. The number of benzene rings is 2. The number of ether oxygens (including phenoxy) is 1. The van der Waals surface area contributed by atoms with E-state index < -0.39 is 0 Å². The first-order chi connectivity index (χ1) is 13.2. The minimum Gasteiger partial charge on any atom is -0.457 e. The van der Waals surface area contributed by atoms with E-state index in [0.29, 0.717) is 37.5 Å². The zero-order valence-corrected chi connectivity index (χ0v) is 15.3. The minimum atomic E-state index is 0.0111. The van der Waals surface area contributed by atoms with Gasteiger partial charge >= 0.3 is 0 Å². The van der Waals surface area contributed by atoms with Crippen LogP contribution in [0, 0.1) is 5.92 Å². The van der Waals surface area contributed by atoms with Crippen molar-refractivity contribution in [3.05, 3.63) is 60.2 Å². The molecule has 1 aliphatic heterocycles. The lowest BCUT2D eigenvalue weighted by molar-refractivity contribution is -0.139. The normalized spacial score (nSPS) is 17.3. The molecule has 4 rings (SSSR count). The molecule has 0 aromatic heterocycles. The highest BCUT2D eigenvalue weighted by Crippen LogP contribution is 2.28. The Hall–Kier alpha value is -2.82. The van der Waals surface area contributed by atoms with E-state index >= 15 is 0 Å². The zero-order chi connectivity index (χ0) is 18.6. The lowest BCUT2D eigenvalue weighted by Gasteiger charge is -2.38. The van der Waals surface area contributed by atoms with Crippen LogP contribution in [-0.4, -0.2) is 47.8 Å². The summed E-state index contributed by atoms with van der Waals surface area (Å²) in [6, 6.07) is 16.8. The largest absolute Gasteiger partial charge is 0.457 e. The Bertz CT molecular complexity index is 792. The molecule has 1 saturated carbocycles. The molecule has 2 aliphatic rings. The van der Waals surface area contributed by atoms with Gasteiger partial charge in [0.15, 0.2) is 0 Å². The Kier molecular flexibility index (Phi) is 5.10. The first-order valence-electron chi connectivity index (χ1n) is 9.62. The van der Waals surface area contributed by atoms with Crippen molar-refractivity contribution in [3.8, 4) is 11.5 Å². The summed E-state index contributed by atoms with van der Waals surface area (Å²) in [6.45, 7) is 2.46. The van der Waals surface area contributed by atoms with Gasteiger partial charge in [-0.05, 0) is 49.2 Å². The summed E-state index contributed by atoms with van der Waals surface area (Å²) in [5.74, 6) is 1.98. The van der Waals surface area contributed by atoms with Crippen LogP contribution in [0.5, 0.6) is 11.5 Å². The molecule has 2 fully saturated rings. The molecule has 1 aliphatic carbocycles. The average molecular weight is 364 g/mol. The van der Waals surface area contributed by atoms with E-state index in [-0.39, 0.29) is 17.7 Å². The molecule has 140 valence electrons. The molecular formula is C22H24N2O3. The monoisotopic (exact) mass is 364 g/mol. The van der Waals surface area contributed by atoms with Gasteiger partial charge in [-0.2, -0.15) is 0 Å². The van der Waals surface area contributed by atoms with Crippen molar-refractivity contribution in [1.29, 1.82) is 0 Å². The number of rotatable bonds is 4. The summed E-state index contributed by atoms with van der Waals surface area (Å²) in [5.41, 5.74) is 0.647. The summed E-state index contributed by atoms with van der Waals surface area (Å²) < 4.78 is 5.77. The van der Waals surface area contributed by atoms with Crippen LogP contribution in [0.3, 0.4) is 0 Å². The van der Waals surface area contributed by atoms with Crippen molar-refractivity contribution in [1.82, 2.24) is 9.80 Å². The molecule has 5 nitrogen and oxygen atoms in total.